The summed E-state index contributed by atoms with van der Waals surface area (Å²) in [6, 6.07) is 0. The molecule has 0 bridgehead atoms. The maximum absolute atomic E-state index is 3.41. The van der Waals surface area contributed by atoms with Gasteiger partial charge in [0.25, 0.3) is 0 Å². The molecule has 0 saturated carbocycles. The van der Waals surface area contributed by atoms with Crippen LogP contribution in [0.15, 0.2) is 0 Å². The monoisotopic (exact) mass is 158 g/mol. The lowest BCUT2D eigenvalue weighted by atomic mass is 10.1. The van der Waals surface area contributed by atoms with Crippen LogP contribution >= 0.6 is 0 Å². The van der Waals surface area contributed by atoms with Crippen LogP contribution < -0.4 is 10.6 Å². The van der Waals surface area contributed by atoms with Crippen molar-refractivity contribution in [1.82, 2.24) is 10.6 Å². The summed E-state index contributed by atoms with van der Waals surface area (Å²) in [5.74, 6) is 0.830. The molecule has 0 spiro atoms. The highest BCUT2D eigenvalue weighted by molar-refractivity contribution is 4.56. The molecule has 0 aliphatic heterocycles. The van der Waals surface area contributed by atoms with E-state index in [0.717, 1.165) is 25.6 Å². The molecule has 0 rings (SSSR count). The second-order valence-corrected chi connectivity index (χ2v) is 3.20. The summed E-state index contributed by atoms with van der Waals surface area (Å²) in [7, 11) is 1.98. The third-order valence-electron chi connectivity index (χ3n) is 1.83. The van der Waals surface area contributed by atoms with E-state index in [1.165, 1.54) is 12.8 Å². The Balaban J connectivity index is 2.97. The van der Waals surface area contributed by atoms with Gasteiger partial charge in [0.1, 0.15) is 0 Å². The molecule has 11 heavy (non-hydrogen) atoms. The Labute approximate surface area is 70.8 Å². The number of rotatable bonds is 7. The van der Waals surface area contributed by atoms with Gasteiger partial charge in [0.15, 0.2) is 0 Å². The molecule has 2 N–H and O–H groups in total. The molecule has 0 saturated heterocycles. The van der Waals surface area contributed by atoms with Gasteiger partial charge in [0, 0.05) is 13.1 Å². The lowest BCUT2D eigenvalue weighted by Gasteiger charge is -2.10. The zero-order chi connectivity index (χ0) is 8.53. The second kappa shape index (κ2) is 8.02. The van der Waals surface area contributed by atoms with E-state index in [2.05, 4.69) is 24.5 Å². The summed E-state index contributed by atoms with van der Waals surface area (Å²) in [6.45, 7) is 7.86. The van der Waals surface area contributed by atoms with Crippen LogP contribution in [0.2, 0.25) is 0 Å². The predicted molar refractivity (Wildman–Crippen MR) is 50.9 cm³/mol. The Morgan fingerprint density at radius 1 is 1.27 bits per heavy atom. The molecule has 68 valence electrons. The minimum absolute atomic E-state index is 0.830. The van der Waals surface area contributed by atoms with Gasteiger partial charge in [0.05, 0.1) is 0 Å². The molecule has 0 heterocycles. The Morgan fingerprint density at radius 2 is 2.00 bits per heavy atom. The van der Waals surface area contributed by atoms with E-state index in [-0.39, 0.29) is 0 Å². The summed E-state index contributed by atoms with van der Waals surface area (Å²) in [4.78, 5) is 0. The molecular weight excluding hydrogens is 136 g/mol. The van der Waals surface area contributed by atoms with Gasteiger partial charge in [-0.15, -0.1) is 0 Å². The molecule has 0 aromatic heterocycles. The molecule has 1 atom stereocenters. The van der Waals surface area contributed by atoms with Crippen molar-refractivity contribution < 1.29 is 0 Å². The van der Waals surface area contributed by atoms with E-state index in [1.54, 1.807) is 0 Å². The van der Waals surface area contributed by atoms with Crippen LogP contribution in [-0.2, 0) is 0 Å². The second-order valence-electron chi connectivity index (χ2n) is 3.20. The first-order valence-electron chi connectivity index (χ1n) is 4.66. The van der Waals surface area contributed by atoms with Crippen LogP contribution in [0.5, 0.6) is 0 Å². The van der Waals surface area contributed by atoms with E-state index >= 15 is 0 Å². The van der Waals surface area contributed by atoms with Gasteiger partial charge in [-0.1, -0.05) is 20.3 Å². The molecule has 0 radical (unpaired) electrons. The van der Waals surface area contributed by atoms with Crippen LogP contribution in [0.1, 0.15) is 26.7 Å². The standard InChI is InChI=1S/C9H22N2/c1-4-5-9(2)8-11-7-6-10-3/h9-11H,4-8H2,1-3H3. The summed E-state index contributed by atoms with van der Waals surface area (Å²) >= 11 is 0. The van der Waals surface area contributed by atoms with Crippen molar-refractivity contribution in [3.63, 3.8) is 0 Å². The minimum atomic E-state index is 0.830. The predicted octanol–water partition coefficient (Wildman–Crippen LogP) is 1.23. The molecule has 0 fully saturated rings. The topological polar surface area (TPSA) is 24.1 Å². The summed E-state index contributed by atoms with van der Waals surface area (Å²) in [6.07, 6.45) is 2.64. The first-order valence-corrected chi connectivity index (χ1v) is 4.66. The number of nitrogens with one attached hydrogen (secondary N) is 2. The molecule has 0 aliphatic carbocycles. The van der Waals surface area contributed by atoms with Crippen molar-refractivity contribution in [1.29, 1.82) is 0 Å². The van der Waals surface area contributed by atoms with Gasteiger partial charge in [-0.2, -0.15) is 0 Å². The zero-order valence-corrected chi connectivity index (χ0v) is 8.11. The zero-order valence-electron chi connectivity index (χ0n) is 8.11. The molecular formula is C9H22N2. The van der Waals surface area contributed by atoms with Crippen LogP contribution in [0.3, 0.4) is 0 Å². The summed E-state index contributed by atoms with van der Waals surface area (Å²) in [5.41, 5.74) is 0. The summed E-state index contributed by atoms with van der Waals surface area (Å²) in [5, 5.41) is 6.52. The van der Waals surface area contributed by atoms with Crippen molar-refractivity contribution in [2.75, 3.05) is 26.7 Å². The maximum Gasteiger partial charge on any atom is 0.00767 e. The molecule has 2 heteroatoms. The van der Waals surface area contributed by atoms with E-state index in [1.807, 2.05) is 7.05 Å². The van der Waals surface area contributed by atoms with Crippen molar-refractivity contribution in [2.24, 2.45) is 5.92 Å². The molecule has 0 aliphatic rings. The van der Waals surface area contributed by atoms with E-state index in [0.29, 0.717) is 0 Å². The molecule has 2 nitrogen and oxygen atoms in total. The smallest absolute Gasteiger partial charge is 0.00767 e. The van der Waals surface area contributed by atoms with Gasteiger partial charge in [-0.3, -0.25) is 0 Å². The van der Waals surface area contributed by atoms with Crippen LogP contribution in [0, 0.1) is 5.92 Å². The highest BCUT2D eigenvalue weighted by Crippen LogP contribution is 2.01. The quantitative estimate of drug-likeness (QED) is 0.545. The van der Waals surface area contributed by atoms with Crippen molar-refractivity contribution in [3.8, 4) is 0 Å². The SMILES string of the molecule is CCCC(C)CNCCNC. The van der Waals surface area contributed by atoms with Crippen molar-refractivity contribution in [3.05, 3.63) is 0 Å². The van der Waals surface area contributed by atoms with Crippen molar-refractivity contribution in [2.45, 2.75) is 26.7 Å². The molecule has 0 aromatic rings. The Hall–Kier alpha value is -0.0800. The van der Waals surface area contributed by atoms with Gasteiger partial charge in [-0.25, -0.2) is 0 Å². The lowest BCUT2D eigenvalue weighted by molar-refractivity contribution is 0.475. The Bertz CT molecular complexity index is 74.0. The molecule has 0 aromatic carbocycles. The fourth-order valence-electron chi connectivity index (χ4n) is 1.16. The van der Waals surface area contributed by atoms with Crippen molar-refractivity contribution >= 4 is 0 Å². The average Bonchev–Trinajstić information content (AvgIpc) is 1.99. The number of likely N-dealkylation sites (N-methyl/N-ethyl adjacent to an activating group) is 1. The third-order valence-corrected chi connectivity index (χ3v) is 1.83. The van der Waals surface area contributed by atoms with E-state index < -0.39 is 0 Å². The van der Waals surface area contributed by atoms with Gasteiger partial charge in [0.2, 0.25) is 0 Å². The van der Waals surface area contributed by atoms with Crippen LogP contribution in [-0.4, -0.2) is 26.7 Å². The van der Waals surface area contributed by atoms with Crippen LogP contribution in [0.25, 0.3) is 0 Å². The third kappa shape index (κ3) is 7.82. The highest BCUT2D eigenvalue weighted by Gasteiger charge is 1.97. The van der Waals surface area contributed by atoms with Gasteiger partial charge in [-0.05, 0) is 25.9 Å². The fraction of sp³-hybridized carbons (Fsp3) is 1.00. The number of hydrogen-bond donors (Lipinski definition) is 2. The van der Waals surface area contributed by atoms with Gasteiger partial charge < -0.3 is 10.6 Å². The maximum atomic E-state index is 3.41. The molecule has 0 amide bonds. The first-order chi connectivity index (χ1) is 5.31. The normalized spacial score (nSPS) is 13.4. The number of hydrogen-bond acceptors (Lipinski definition) is 2. The van der Waals surface area contributed by atoms with E-state index in [9.17, 15) is 0 Å². The summed E-state index contributed by atoms with van der Waals surface area (Å²) < 4.78 is 0. The van der Waals surface area contributed by atoms with Crippen LogP contribution in [0.4, 0.5) is 0 Å². The largest absolute Gasteiger partial charge is 0.318 e. The Kier molecular flexibility index (Phi) is 7.96. The molecule has 1 unspecified atom stereocenters. The van der Waals surface area contributed by atoms with E-state index in [4.69, 9.17) is 0 Å². The Morgan fingerprint density at radius 3 is 2.55 bits per heavy atom. The highest BCUT2D eigenvalue weighted by atomic mass is 14.9. The first kappa shape index (κ1) is 10.9. The fourth-order valence-corrected chi connectivity index (χ4v) is 1.16. The van der Waals surface area contributed by atoms with Gasteiger partial charge >= 0.3 is 0 Å². The minimum Gasteiger partial charge on any atom is -0.318 e. The lowest BCUT2D eigenvalue weighted by Crippen LogP contribution is -2.28. The average molecular weight is 158 g/mol.